The molecule has 6 nitrogen and oxygen atoms in total. The lowest BCUT2D eigenvalue weighted by atomic mass is 9.88. The third-order valence-corrected chi connectivity index (χ3v) is 10.3. The highest BCUT2D eigenvalue weighted by Crippen LogP contribution is 2.42. The van der Waals surface area contributed by atoms with Gasteiger partial charge in [-0.25, -0.2) is 4.79 Å². The molecule has 0 radical (unpaired) electrons. The van der Waals surface area contributed by atoms with Crippen LogP contribution in [0, 0.1) is 26.7 Å². The molecular weight excluding hydrogens is 689 g/mol. The first-order valence-electron chi connectivity index (χ1n) is 18.6. The second-order valence-electron chi connectivity index (χ2n) is 14.3. The van der Waals surface area contributed by atoms with Crippen LogP contribution in [-0.2, 0) is 16.2 Å². The number of ether oxygens (including phenoxy) is 1. The van der Waals surface area contributed by atoms with Crippen molar-refractivity contribution in [3.63, 3.8) is 0 Å². The smallest absolute Gasteiger partial charge is 0.422 e. The van der Waals surface area contributed by atoms with Gasteiger partial charge < -0.3 is 19.2 Å². The average molecular weight is 737 g/mol. The zero-order valence-electron chi connectivity index (χ0n) is 31.7. The van der Waals surface area contributed by atoms with Crippen molar-refractivity contribution in [2.75, 3.05) is 6.61 Å². The Morgan fingerprint density at radius 2 is 1.52 bits per heavy atom. The quantitative estimate of drug-likeness (QED) is 0.0728. The average Bonchev–Trinajstić information content (AvgIpc) is 3.44. The Hall–Kier alpha value is -5.15. The molecule has 0 aliphatic heterocycles. The maximum absolute atomic E-state index is 12.8. The number of carbonyl (C=O) groups is 1. The number of aliphatic hydroxyl groups excluding tert-OH is 1. The first-order chi connectivity index (χ1) is 25.8. The fraction of sp³-hybridized carbons (Fsp3) is 0.333. The van der Waals surface area contributed by atoms with Crippen molar-refractivity contribution in [3.8, 4) is 5.75 Å². The number of halogens is 3. The monoisotopic (exact) mass is 736 g/mol. The number of alkyl halides is 3. The normalized spacial score (nSPS) is 13.5. The van der Waals surface area contributed by atoms with Crippen LogP contribution < -0.4 is 4.74 Å². The summed E-state index contributed by atoms with van der Waals surface area (Å²) in [5, 5.41) is 20.4. The van der Waals surface area contributed by atoms with Crippen molar-refractivity contribution < 1.29 is 32.6 Å². The van der Waals surface area contributed by atoms with Gasteiger partial charge in [0.25, 0.3) is 0 Å². The predicted octanol–water partition coefficient (Wildman–Crippen LogP) is 11.4. The molecule has 2 unspecified atom stereocenters. The van der Waals surface area contributed by atoms with Crippen molar-refractivity contribution in [2.24, 2.45) is 11.1 Å². The van der Waals surface area contributed by atoms with E-state index in [9.17, 15) is 23.1 Å². The second-order valence-corrected chi connectivity index (χ2v) is 14.3. The lowest BCUT2D eigenvalue weighted by Gasteiger charge is -2.21. The number of hydrogen-bond acceptors (Lipinski definition) is 5. The molecule has 6 aromatic rings. The number of aliphatic hydroxyl groups is 1. The fourth-order valence-corrected chi connectivity index (χ4v) is 7.76. The number of benzene rings is 5. The molecular formula is C45H47F3N2O4. The van der Waals surface area contributed by atoms with Gasteiger partial charge in [0.1, 0.15) is 17.6 Å². The first-order valence-corrected chi connectivity index (χ1v) is 18.6. The van der Waals surface area contributed by atoms with Gasteiger partial charge in [-0.1, -0.05) is 86.3 Å². The summed E-state index contributed by atoms with van der Waals surface area (Å²) in [6, 6.07) is 26.6. The van der Waals surface area contributed by atoms with Crippen molar-refractivity contribution in [2.45, 2.75) is 86.1 Å². The van der Waals surface area contributed by atoms with Gasteiger partial charge in [0, 0.05) is 46.3 Å². The molecule has 1 heterocycles. The number of oxime groups is 1. The van der Waals surface area contributed by atoms with Crippen molar-refractivity contribution in [3.05, 3.63) is 124 Å². The molecule has 1 N–H and O–H groups in total. The van der Waals surface area contributed by atoms with Gasteiger partial charge in [-0.15, -0.1) is 0 Å². The zero-order valence-corrected chi connectivity index (χ0v) is 31.7. The van der Waals surface area contributed by atoms with E-state index in [2.05, 4.69) is 66.9 Å². The van der Waals surface area contributed by atoms with Crippen LogP contribution in [0.5, 0.6) is 5.75 Å². The maximum atomic E-state index is 12.8. The third kappa shape index (κ3) is 8.16. The molecule has 0 fully saturated rings. The number of carbonyl (C=O) groups excluding carboxylic acids is 1. The summed E-state index contributed by atoms with van der Waals surface area (Å²) in [4.78, 5) is 17.1. The van der Waals surface area contributed by atoms with E-state index < -0.39 is 24.9 Å². The van der Waals surface area contributed by atoms with Gasteiger partial charge in [0.05, 0.1) is 5.52 Å². The Labute approximate surface area is 314 Å². The van der Waals surface area contributed by atoms with E-state index in [1.54, 1.807) is 12.1 Å². The first kappa shape index (κ1) is 38.6. The summed E-state index contributed by atoms with van der Waals surface area (Å²) in [6.07, 6.45) is -0.955. The van der Waals surface area contributed by atoms with Crippen LogP contribution >= 0.6 is 0 Å². The van der Waals surface area contributed by atoms with Crippen molar-refractivity contribution >= 4 is 44.3 Å². The molecule has 0 aliphatic rings. The number of nitrogens with zero attached hydrogens (tertiary/aromatic N) is 2. The number of hydrogen-bond donors (Lipinski definition) is 1. The highest BCUT2D eigenvalue weighted by atomic mass is 19.4. The molecule has 2 atom stereocenters. The lowest BCUT2D eigenvalue weighted by Crippen LogP contribution is -2.19. The van der Waals surface area contributed by atoms with Crippen LogP contribution in [0.15, 0.2) is 90.1 Å². The summed E-state index contributed by atoms with van der Waals surface area (Å²) in [7, 11) is 0. The number of aryl methyl sites for hydroxylation is 3. The van der Waals surface area contributed by atoms with Crippen LogP contribution in [-0.4, -0.2) is 34.1 Å². The Kier molecular flexibility index (Phi) is 11.5. The summed E-state index contributed by atoms with van der Waals surface area (Å²) in [5.41, 5.74) is 8.47. The Balaban J connectivity index is 1.59. The van der Waals surface area contributed by atoms with E-state index in [1.165, 1.54) is 19.1 Å². The van der Waals surface area contributed by atoms with Crippen molar-refractivity contribution in [1.82, 2.24) is 4.57 Å². The molecule has 282 valence electrons. The van der Waals surface area contributed by atoms with Crippen LogP contribution in [0.1, 0.15) is 91.5 Å². The van der Waals surface area contributed by atoms with Gasteiger partial charge in [-0.3, -0.25) is 0 Å². The van der Waals surface area contributed by atoms with Crippen LogP contribution in [0.25, 0.3) is 32.6 Å². The minimum atomic E-state index is -4.47. The predicted molar refractivity (Wildman–Crippen MR) is 210 cm³/mol. The minimum Gasteiger partial charge on any atom is -0.484 e. The van der Waals surface area contributed by atoms with Gasteiger partial charge in [-0.05, 0) is 103 Å². The second kappa shape index (κ2) is 16.1. The lowest BCUT2D eigenvalue weighted by molar-refractivity contribution is -0.153. The summed E-state index contributed by atoms with van der Waals surface area (Å²) in [5.74, 6) is -0.115. The van der Waals surface area contributed by atoms with Crippen LogP contribution in [0.3, 0.4) is 0 Å². The molecule has 1 aromatic heterocycles. The van der Waals surface area contributed by atoms with Gasteiger partial charge in [0.2, 0.25) is 0 Å². The Morgan fingerprint density at radius 1 is 0.852 bits per heavy atom. The number of aromatic nitrogens is 1. The number of fused-ring (bicyclic) bond motifs is 5. The van der Waals surface area contributed by atoms with E-state index in [0.717, 1.165) is 92.6 Å². The Bertz CT molecular complexity index is 2320. The minimum absolute atomic E-state index is 0.0481. The third-order valence-electron chi connectivity index (χ3n) is 10.3. The molecule has 6 rings (SSSR count). The molecule has 0 saturated heterocycles. The SMILES string of the molecule is CCCCC(CC)Cn1c2ccc(/C(=N\OC(C)=O)c3ccc(OCC(F)(F)F)cc3)cc2c2cc(C(O)c3c(C)cc(C)cc3C)c3ccccc3c21. The zero-order chi connectivity index (χ0) is 38.7. The Morgan fingerprint density at radius 3 is 2.15 bits per heavy atom. The fourth-order valence-electron chi connectivity index (χ4n) is 7.76. The standard InChI is InChI=1S/C45H47F3N2O4/c1-7-9-12-31(8-2)25-50-40-20-17-33(42(49-54-30(6)51)32-15-18-34(19-16-32)53-26-45(46,47)48)23-37(40)38-24-39(35-13-10-11-14-36(35)43(38)50)44(52)41-28(4)21-27(3)22-29(41)5/h10-11,13-24,31,44,52H,7-9,12,25-26H2,1-6H3/b49-42-. The molecule has 0 aliphatic carbocycles. The van der Waals surface area contributed by atoms with Gasteiger partial charge in [0.15, 0.2) is 6.61 Å². The summed E-state index contributed by atoms with van der Waals surface area (Å²) in [6.45, 7) is 11.2. The largest absolute Gasteiger partial charge is 0.484 e. The highest BCUT2D eigenvalue weighted by molar-refractivity contribution is 6.21. The summed E-state index contributed by atoms with van der Waals surface area (Å²) < 4.78 is 45.8. The van der Waals surface area contributed by atoms with Crippen LogP contribution in [0.2, 0.25) is 0 Å². The summed E-state index contributed by atoms with van der Waals surface area (Å²) >= 11 is 0. The van der Waals surface area contributed by atoms with Crippen LogP contribution in [0.4, 0.5) is 13.2 Å². The molecule has 54 heavy (non-hydrogen) atoms. The topological polar surface area (TPSA) is 73.1 Å². The van der Waals surface area contributed by atoms with E-state index in [4.69, 9.17) is 9.57 Å². The van der Waals surface area contributed by atoms with E-state index in [-0.39, 0.29) is 5.75 Å². The number of unbranched alkanes of at least 4 members (excludes halogenated alkanes) is 1. The highest BCUT2D eigenvalue weighted by Gasteiger charge is 2.28. The number of rotatable bonds is 13. The molecule has 0 amide bonds. The van der Waals surface area contributed by atoms with E-state index in [1.807, 2.05) is 38.1 Å². The van der Waals surface area contributed by atoms with Gasteiger partial charge >= 0.3 is 12.1 Å². The molecule has 0 bridgehead atoms. The molecule has 5 aromatic carbocycles. The molecule has 0 spiro atoms. The van der Waals surface area contributed by atoms with E-state index in [0.29, 0.717) is 22.8 Å². The molecule has 0 saturated carbocycles. The maximum Gasteiger partial charge on any atom is 0.422 e. The van der Waals surface area contributed by atoms with Crippen molar-refractivity contribution in [1.29, 1.82) is 0 Å². The van der Waals surface area contributed by atoms with E-state index >= 15 is 0 Å². The molecule has 9 heteroatoms. The van der Waals surface area contributed by atoms with Gasteiger partial charge in [-0.2, -0.15) is 13.2 Å².